The molecule has 1 amide bonds. The Balaban J connectivity index is 2.06. The number of anilines is 1. The largest absolute Gasteiger partial charge is 0.436 e. The van der Waals surface area contributed by atoms with Crippen LogP contribution in [-0.2, 0) is 17.5 Å². The Hall–Kier alpha value is -1.73. The van der Waals surface area contributed by atoms with E-state index in [1.165, 1.54) is 6.92 Å². The Morgan fingerprint density at radius 1 is 1.29 bits per heavy atom. The number of hydrogen-bond acceptors (Lipinski definition) is 2. The highest BCUT2D eigenvalue weighted by Gasteiger charge is 2.38. The summed E-state index contributed by atoms with van der Waals surface area (Å²) in [5.41, 5.74) is 0.285. The van der Waals surface area contributed by atoms with Crippen LogP contribution in [0.3, 0.4) is 0 Å². The zero-order valence-corrected chi connectivity index (χ0v) is 14.4. The van der Waals surface area contributed by atoms with Crippen LogP contribution in [0.2, 0.25) is 10.0 Å². The van der Waals surface area contributed by atoms with Gasteiger partial charge in [-0.25, -0.2) is 0 Å². The second-order valence-electron chi connectivity index (χ2n) is 5.18. The highest BCUT2D eigenvalue weighted by atomic mass is 35.5. The van der Waals surface area contributed by atoms with Crippen LogP contribution in [0.25, 0.3) is 0 Å². The number of carbonyl (C=O) groups is 1. The van der Waals surface area contributed by atoms with Gasteiger partial charge >= 0.3 is 6.18 Å². The highest BCUT2D eigenvalue weighted by molar-refractivity contribution is 6.32. The second-order valence-corrected chi connectivity index (χ2v) is 5.96. The molecule has 24 heavy (non-hydrogen) atoms. The van der Waals surface area contributed by atoms with E-state index in [0.29, 0.717) is 16.3 Å². The van der Waals surface area contributed by atoms with Crippen molar-refractivity contribution in [3.8, 4) is 0 Å². The summed E-state index contributed by atoms with van der Waals surface area (Å²) in [5.74, 6) is -0.361. The van der Waals surface area contributed by atoms with E-state index < -0.39 is 16.9 Å². The molecule has 0 radical (unpaired) electrons. The number of amides is 1. The van der Waals surface area contributed by atoms with Gasteiger partial charge in [0.1, 0.15) is 0 Å². The normalized spacial score (nSPS) is 11.6. The molecule has 2 aromatic rings. The summed E-state index contributed by atoms with van der Waals surface area (Å²) >= 11 is 11.6. The van der Waals surface area contributed by atoms with Gasteiger partial charge in [-0.2, -0.15) is 18.3 Å². The molecule has 0 saturated heterocycles. The van der Waals surface area contributed by atoms with Crippen molar-refractivity contribution in [1.82, 2.24) is 9.78 Å². The maximum absolute atomic E-state index is 12.8. The summed E-state index contributed by atoms with van der Waals surface area (Å²) in [6.07, 6.45) is -4.69. The van der Waals surface area contributed by atoms with Gasteiger partial charge in [-0.05, 0) is 31.5 Å². The first kappa shape index (κ1) is 18.6. The van der Waals surface area contributed by atoms with Crippen molar-refractivity contribution in [2.75, 3.05) is 5.32 Å². The molecule has 4 nitrogen and oxygen atoms in total. The third-order valence-electron chi connectivity index (χ3n) is 3.49. The molecular weight excluding hydrogens is 366 g/mol. The van der Waals surface area contributed by atoms with Gasteiger partial charge in [-0.15, -0.1) is 0 Å². The first-order valence-corrected chi connectivity index (χ1v) is 7.72. The predicted molar refractivity (Wildman–Crippen MR) is 86.4 cm³/mol. The molecule has 9 heteroatoms. The van der Waals surface area contributed by atoms with Crippen LogP contribution in [0.15, 0.2) is 18.2 Å². The summed E-state index contributed by atoms with van der Waals surface area (Å²) in [7, 11) is 0. The van der Waals surface area contributed by atoms with Gasteiger partial charge in [0, 0.05) is 17.1 Å². The van der Waals surface area contributed by atoms with Gasteiger partial charge in [-0.3, -0.25) is 9.48 Å². The smallest absolute Gasteiger partial charge is 0.326 e. The van der Waals surface area contributed by atoms with Gasteiger partial charge < -0.3 is 5.32 Å². The average molecular weight is 380 g/mol. The molecule has 0 spiro atoms. The molecule has 1 N–H and O–H groups in total. The van der Waals surface area contributed by atoms with Crippen LogP contribution in [0.4, 0.5) is 18.9 Å². The van der Waals surface area contributed by atoms with Crippen molar-refractivity contribution in [2.45, 2.75) is 33.0 Å². The topological polar surface area (TPSA) is 46.9 Å². The number of alkyl halides is 3. The quantitative estimate of drug-likeness (QED) is 0.824. The van der Waals surface area contributed by atoms with Crippen LogP contribution in [0.1, 0.15) is 23.4 Å². The summed E-state index contributed by atoms with van der Waals surface area (Å²) in [5, 5.41) is 6.18. The summed E-state index contributed by atoms with van der Waals surface area (Å²) in [6, 6.07) is 5.08. The molecule has 1 aromatic carbocycles. The van der Waals surface area contributed by atoms with E-state index in [1.807, 2.05) is 0 Å². The molecule has 0 aliphatic heterocycles. The molecular formula is C15H14Cl2F3N3O. The minimum absolute atomic E-state index is 0.0208. The lowest BCUT2D eigenvalue weighted by atomic mass is 10.2. The van der Waals surface area contributed by atoms with Gasteiger partial charge in [0.25, 0.3) is 0 Å². The lowest BCUT2D eigenvalue weighted by Gasteiger charge is -2.10. The average Bonchev–Trinajstić information content (AvgIpc) is 2.78. The third kappa shape index (κ3) is 4.02. The summed E-state index contributed by atoms with van der Waals surface area (Å²) in [6.45, 7) is 3.15. The van der Waals surface area contributed by atoms with E-state index in [9.17, 15) is 18.0 Å². The monoisotopic (exact) mass is 379 g/mol. The number of carbonyl (C=O) groups excluding carboxylic acids is 1. The van der Waals surface area contributed by atoms with Crippen LogP contribution in [0.5, 0.6) is 0 Å². The minimum Gasteiger partial charge on any atom is -0.326 e. The highest BCUT2D eigenvalue weighted by Crippen LogP contribution is 2.35. The predicted octanol–water partition coefficient (Wildman–Crippen LogP) is 4.85. The van der Waals surface area contributed by atoms with Crippen molar-refractivity contribution >= 4 is 34.8 Å². The molecule has 0 bridgehead atoms. The molecule has 0 saturated carbocycles. The number of aryl methyl sites for hydroxylation is 1. The van der Waals surface area contributed by atoms with Crippen molar-refractivity contribution in [1.29, 1.82) is 0 Å². The van der Waals surface area contributed by atoms with E-state index in [1.54, 1.807) is 25.1 Å². The fraction of sp³-hybridized carbons (Fsp3) is 0.333. The molecule has 130 valence electrons. The first-order valence-electron chi connectivity index (χ1n) is 6.96. The van der Waals surface area contributed by atoms with E-state index in [2.05, 4.69) is 10.4 Å². The maximum Gasteiger partial charge on any atom is 0.436 e. The van der Waals surface area contributed by atoms with Crippen molar-refractivity contribution in [3.63, 3.8) is 0 Å². The summed E-state index contributed by atoms with van der Waals surface area (Å²) in [4.78, 5) is 12.0. The van der Waals surface area contributed by atoms with E-state index >= 15 is 0 Å². The van der Waals surface area contributed by atoms with Crippen LogP contribution in [-0.4, -0.2) is 15.7 Å². The summed E-state index contributed by atoms with van der Waals surface area (Å²) < 4.78 is 39.4. The Bertz CT molecular complexity index is 772. The molecule has 1 heterocycles. The van der Waals surface area contributed by atoms with Crippen molar-refractivity contribution in [2.24, 2.45) is 0 Å². The van der Waals surface area contributed by atoms with Gasteiger partial charge in [0.2, 0.25) is 5.91 Å². The fourth-order valence-electron chi connectivity index (χ4n) is 2.09. The van der Waals surface area contributed by atoms with Gasteiger partial charge in [0.15, 0.2) is 5.69 Å². The van der Waals surface area contributed by atoms with E-state index in [0.717, 1.165) is 4.68 Å². The van der Waals surface area contributed by atoms with Gasteiger partial charge in [-0.1, -0.05) is 29.3 Å². The number of benzene rings is 1. The number of rotatable bonds is 4. The zero-order valence-electron chi connectivity index (χ0n) is 12.8. The van der Waals surface area contributed by atoms with Crippen molar-refractivity contribution in [3.05, 3.63) is 45.2 Å². The van der Waals surface area contributed by atoms with Gasteiger partial charge in [0.05, 0.1) is 17.3 Å². The number of hydrogen-bond donors (Lipinski definition) is 1. The maximum atomic E-state index is 12.8. The molecule has 0 fully saturated rings. The van der Waals surface area contributed by atoms with E-state index in [-0.39, 0.29) is 24.6 Å². The molecule has 2 rings (SSSR count). The van der Waals surface area contributed by atoms with Crippen LogP contribution < -0.4 is 5.32 Å². The Morgan fingerprint density at radius 3 is 2.54 bits per heavy atom. The Kier molecular flexibility index (Phi) is 5.45. The minimum atomic E-state index is -4.63. The van der Waals surface area contributed by atoms with Crippen LogP contribution >= 0.6 is 23.2 Å². The van der Waals surface area contributed by atoms with E-state index in [4.69, 9.17) is 23.2 Å². The Labute approximate surface area is 146 Å². The number of halogens is 5. The lowest BCUT2D eigenvalue weighted by Crippen LogP contribution is -2.16. The number of nitrogens with one attached hydrogen (secondary N) is 1. The lowest BCUT2D eigenvalue weighted by molar-refractivity contribution is -0.141. The number of nitrogens with zero attached hydrogens (tertiary/aromatic N) is 2. The zero-order chi connectivity index (χ0) is 18.1. The first-order chi connectivity index (χ1) is 11.1. The van der Waals surface area contributed by atoms with Crippen LogP contribution in [0, 0.1) is 13.8 Å². The molecule has 0 atom stereocenters. The Morgan fingerprint density at radius 2 is 1.96 bits per heavy atom. The molecule has 0 aliphatic rings. The van der Waals surface area contributed by atoms with Crippen molar-refractivity contribution < 1.29 is 18.0 Å². The molecule has 0 aliphatic carbocycles. The third-order valence-corrected chi connectivity index (χ3v) is 4.36. The molecule has 1 aromatic heterocycles. The fourth-order valence-corrected chi connectivity index (χ4v) is 2.50. The SMILES string of the molecule is Cc1c(Cl)cccc1NC(=O)CCn1nc(C(F)(F)F)c(Cl)c1C. The molecule has 0 unspecified atom stereocenters. The second kappa shape index (κ2) is 7.03. The number of aromatic nitrogens is 2. The standard InChI is InChI=1S/C15H14Cl2F3N3O/c1-8-10(16)4-3-5-11(8)21-12(24)6-7-23-9(2)13(17)14(22-23)15(18,19)20/h3-5H,6-7H2,1-2H3,(H,21,24).